The number of nitrogens with zero attached hydrogens (tertiary/aromatic N) is 2. The van der Waals surface area contributed by atoms with Gasteiger partial charge in [-0.15, -0.1) is 0 Å². The zero-order chi connectivity index (χ0) is 20.1. The van der Waals surface area contributed by atoms with E-state index < -0.39 is 11.6 Å². The minimum absolute atomic E-state index is 0.107. The van der Waals surface area contributed by atoms with Gasteiger partial charge in [0, 0.05) is 18.7 Å². The van der Waals surface area contributed by atoms with Crippen molar-refractivity contribution in [2.75, 3.05) is 6.54 Å². The van der Waals surface area contributed by atoms with Crippen molar-refractivity contribution in [3.05, 3.63) is 82.7 Å². The number of hydrogen-bond donors (Lipinski definition) is 1. The molecule has 4 nitrogen and oxygen atoms in total. The summed E-state index contributed by atoms with van der Waals surface area (Å²) in [6, 6.07) is 13.8. The molecule has 6 heteroatoms. The molecule has 1 amide bonds. The van der Waals surface area contributed by atoms with Gasteiger partial charge in [0.1, 0.15) is 0 Å². The van der Waals surface area contributed by atoms with Crippen LogP contribution >= 0.6 is 0 Å². The van der Waals surface area contributed by atoms with Crippen molar-refractivity contribution < 1.29 is 13.6 Å². The molecule has 3 aromatic rings. The van der Waals surface area contributed by atoms with Gasteiger partial charge in [-0.05, 0) is 68.1 Å². The van der Waals surface area contributed by atoms with Crippen LogP contribution in [-0.4, -0.2) is 22.2 Å². The van der Waals surface area contributed by atoms with Crippen molar-refractivity contribution >= 4 is 5.91 Å². The molecule has 28 heavy (non-hydrogen) atoms. The molecular formula is C22H23F2N3O. The van der Waals surface area contributed by atoms with E-state index in [0.29, 0.717) is 24.9 Å². The van der Waals surface area contributed by atoms with Gasteiger partial charge >= 0.3 is 0 Å². The predicted octanol–water partition coefficient (Wildman–Crippen LogP) is 4.06. The smallest absolute Gasteiger partial charge is 0.220 e. The summed E-state index contributed by atoms with van der Waals surface area (Å²) in [5.41, 5.74) is 4.79. The number of nitrogens with one attached hydrogen (secondary N) is 1. The lowest BCUT2D eigenvalue weighted by atomic mass is 10.1. The molecule has 2 aromatic carbocycles. The van der Waals surface area contributed by atoms with Crippen LogP contribution in [0.15, 0.2) is 48.5 Å². The first-order valence-electron chi connectivity index (χ1n) is 9.25. The summed E-state index contributed by atoms with van der Waals surface area (Å²) in [4.78, 5) is 11.9. The average Bonchev–Trinajstić information content (AvgIpc) is 3.01. The van der Waals surface area contributed by atoms with Crippen molar-refractivity contribution in [2.24, 2.45) is 0 Å². The van der Waals surface area contributed by atoms with Crippen LogP contribution in [0.1, 0.15) is 28.9 Å². The van der Waals surface area contributed by atoms with E-state index in [0.717, 1.165) is 34.8 Å². The maximum atomic E-state index is 13.2. The first-order valence-corrected chi connectivity index (χ1v) is 9.25. The Morgan fingerprint density at radius 1 is 0.964 bits per heavy atom. The van der Waals surface area contributed by atoms with Gasteiger partial charge in [-0.3, -0.25) is 4.79 Å². The average molecular weight is 383 g/mol. The van der Waals surface area contributed by atoms with Gasteiger partial charge in [-0.2, -0.15) is 5.10 Å². The van der Waals surface area contributed by atoms with Crippen LogP contribution in [0.3, 0.4) is 0 Å². The highest BCUT2D eigenvalue weighted by Crippen LogP contribution is 2.13. The largest absolute Gasteiger partial charge is 0.356 e. The normalized spacial score (nSPS) is 10.9. The van der Waals surface area contributed by atoms with Crippen LogP contribution in [-0.2, 0) is 17.6 Å². The molecule has 0 saturated heterocycles. The summed E-state index contributed by atoms with van der Waals surface area (Å²) in [5, 5.41) is 7.33. The van der Waals surface area contributed by atoms with Crippen LogP contribution in [0.5, 0.6) is 0 Å². The minimum atomic E-state index is -0.887. The first-order chi connectivity index (χ1) is 13.4. The molecule has 0 aliphatic rings. The second-order valence-electron chi connectivity index (χ2n) is 6.85. The van der Waals surface area contributed by atoms with Crippen molar-refractivity contribution in [2.45, 2.75) is 33.1 Å². The Bertz CT molecular complexity index is 964. The fraction of sp³-hybridized carbons (Fsp3) is 0.273. The molecule has 0 unspecified atom stereocenters. The van der Waals surface area contributed by atoms with E-state index in [9.17, 15) is 13.6 Å². The van der Waals surface area contributed by atoms with E-state index >= 15 is 0 Å². The third-order valence-corrected chi connectivity index (χ3v) is 4.55. The molecule has 0 fully saturated rings. The number of carbonyl (C=O) groups is 1. The molecule has 3 rings (SSSR count). The summed E-state index contributed by atoms with van der Waals surface area (Å²) < 4.78 is 28.0. The standard InChI is InChI=1S/C22H23F2N3O/c1-15-13-16(2)27(26-15)19-7-3-17(4-8-19)11-12-25-22(28)10-6-18-5-9-20(23)21(24)14-18/h3-5,7-9,13-14H,6,10-12H2,1-2H3,(H,25,28). The maximum absolute atomic E-state index is 13.2. The fourth-order valence-corrected chi connectivity index (χ4v) is 3.08. The lowest BCUT2D eigenvalue weighted by Gasteiger charge is -2.08. The number of aryl methyl sites for hydroxylation is 3. The number of halogens is 2. The van der Waals surface area contributed by atoms with Gasteiger partial charge in [0.25, 0.3) is 0 Å². The van der Waals surface area contributed by atoms with Crippen molar-refractivity contribution in [1.82, 2.24) is 15.1 Å². The number of benzene rings is 2. The Morgan fingerprint density at radius 3 is 2.32 bits per heavy atom. The maximum Gasteiger partial charge on any atom is 0.220 e. The summed E-state index contributed by atoms with van der Waals surface area (Å²) in [6.07, 6.45) is 1.33. The van der Waals surface area contributed by atoms with Crippen LogP contribution in [0.2, 0.25) is 0 Å². The Kier molecular flexibility index (Phi) is 6.19. The fourth-order valence-electron chi connectivity index (χ4n) is 3.08. The SMILES string of the molecule is Cc1cc(C)n(-c2ccc(CCNC(=O)CCc3ccc(F)c(F)c3)cc2)n1. The van der Waals surface area contributed by atoms with Crippen LogP contribution in [0.4, 0.5) is 8.78 Å². The monoisotopic (exact) mass is 383 g/mol. The van der Waals surface area contributed by atoms with E-state index in [1.807, 2.05) is 48.9 Å². The van der Waals surface area contributed by atoms with E-state index in [1.54, 1.807) is 0 Å². The molecule has 1 heterocycles. The van der Waals surface area contributed by atoms with Gasteiger partial charge in [0.05, 0.1) is 11.4 Å². The highest BCUT2D eigenvalue weighted by atomic mass is 19.2. The Labute approximate surface area is 163 Å². The number of carbonyl (C=O) groups excluding carboxylic acids is 1. The van der Waals surface area contributed by atoms with E-state index in [1.165, 1.54) is 6.07 Å². The highest BCUT2D eigenvalue weighted by molar-refractivity contribution is 5.76. The number of amides is 1. The zero-order valence-electron chi connectivity index (χ0n) is 16.0. The topological polar surface area (TPSA) is 46.9 Å². The molecule has 146 valence electrons. The van der Waals surface area contributed by atoms with E-state index in [4.69, 9.17) is 0 Å². The van der Waals surface area contributed by atoms with Gasteiger partial charge in [-0.1, -0.05) is 18.2 Å². The summed E-state index contributed by atoms with van der Waals surface area (Å²) in [5.74, 6) is -1.87. The summed E-state index contributed by atoms with van der Waals surface area (Å²) in [7, 11) is 0. The molecule has 0 atom stereocenters. The minimum Gasteiger partial charge on any atom is -0.356 e. The van der Waals surface area contributed by atoms with E-state index in [-0.39, 0.29) is 12.3 Å². The molecule has 0 radical (unpaired) electrons. The third kappa shape index (κ3) is 5.03. The highest BCUT2D eigenvalue weighted by Gasteiger charge is 2.07. The molecule has 0 saturated carbocycles. The third-order valence-electron chi connectivity index (χ3n) is 4.55. The Hall–Kier alpha value is -3.02. The first kappa shape index (κ1) is 19.7. The molecule has 0 bridgehead atoms. The zero-order valence-corrected chi connectivity index (χ0v) is 16.0. The van der Waals surface area contributed by atoms with Crippen molar-refractivity contribution in [3.63, 3.8) is 0 Å². The van der Waals surface area contributed by atoms with E-state index in [2.05, 4.69) is 10.4 Å². The Balaban J connectivity index is 1.44. The predicted molar refractivity (Wildman–Crippen MR) is 104 cm³/mol. The second-order valence-corrected chi connectivity index (χ2v) is 6.85. The second kappa shape index (κ2) is 8.78. The van der Waals surface area contributed by atoms with Crippen LogP contribution in [0.25, 0.3) is 5.69 Å². The molecule has 1 N–H and O–H groups in total. The Morgan fingerprint density at radius 2 is 1.68 bits per heavy atom. The summed E-state index contributed by atoms with van der Waals surface area (Å²) >= 11 is 0. The molecule has 0 aliphatic carbocycles. The lowest BCUT2D eigenvalue weighted by Crippen LogP contribution is -2.25. The number of hydrogen-bond acceptors (Lipinski definition) is 2. The molecule has 0 spiro atoms. The van der Waals surface area contributed by atoms with Gasteiger partial charge < -0.3 is 5.32 Å². The summed E-state index contributed by atoms with van der Waals surface area (Å²) in [6.45, 7) is 4.51. The van der Waals surface area contributed by atoms with Crippen molar-refractivity contribution in [3.8, 4) is 5.69 Å². The number of aromatic nitrogens is 2. The molecular weight excluding hydrogens is 360 g/mol. The van der Waals surface area contributed by atoms with Crippen LogP contribution in [0, 0.1) is 25.5 Å². The number of rotatable bonds is 7. The molecule has 1 aromatic heterocycles. The lowest BCUT2D eigenvalue weighted by molar-refractivity contribution is -0.121. The van der Waals surface area contributed by atoms with Gasteiger partial charge in [0.15, 0.2) is 11.6 Å². The molecule has 0 aliphatic heterocycles. The quantitative estimate of drug-likeness (QED) is 0.669. The van der Waals surface area contributed by atoms with Crippen molar-refractivity contribution in [1.29, 1.82) is 0 Å². The van der Waals surface area contributed by atoms with Gasteiger partial charge in [0.2, 0.25) is 5.91 Å². The van der Waals surface area contributed by atoms with Gasteiger partial charge in [-0.25, -0.2) is 13.5 Å². The van der Waals surface area contributed by atoms with Crippen LogP contribution < -0.4 is 5.32 Å².